The van der Waals surface area contributed by atoms with E-state index < -0.39 is 23.3 Å². The molecular weight excluding hydrogens is 460 g/mol. The SMILES string of the molecule is CC(C)(C)OC(=O)NCCC(=O)C(N)C1CCCn2cc(-c3ccc(C(=O)OC(C)(C)C)cc3)nc21. The molecule has 2 unspecified atom stereocenters. The second-order valence-corrected chi connectivity index (χ2v) is 11.2. The van der Waals surface area contributed by atoms with Gasteiger partial charge in [0.2, 0.25) is 0 Å². The number of alkyl carbamates (subject to hydrolysis) is 1. The van der Waals surface area contributed by atoms with Gasteiger partial charge in [-0.1, -0.05) is 12.1 Å². The van der Waals surface area contributed by atoms with Gasteiger partial charge in [-0.2, -0.15) is 0 Å². The molecule has 36 heavy (non-hydrogen) atoms. The van der Waals surface area contributed by atoms with Gasteiger partial charge in [-0.05, 0) is 66.5 Å². The molecule has 1 aromatic heterocycles. The minimum Gasteiger partial charge on any atom is -0.456 e. The van der Waals surface area contributed by atoms with Crippen molar-refractivity contribution >= 4 is 17.8 Å². The largest absolute Gasteiger partial charge is 0.456 e. The molecule has 3 rings (SSSR count). The number of ketones is 1. The molecule has 1 aliphatic heterocycles. The van der Waals surface area contributed by atoms with Crippen LogP contribution in [0, 0.1) is 0 Å². The van der Waals surface area contributed by atoms with E-state index >= 15 is 0 Å². The Morgan fingerprint density at radius 3 is 2.33 bits per heavy atom. The summed E-state index contributed by atoms with van der Waals surface area (Å²) >= 11 is 0. The number of fused-ring (bicyclic) bond motifs is 1. The molecule has 0 saturated carbocycles. The Labute approximate surface area is 212 Å². The molecule has 0 aliphatic carbocycles. The van der Waals surface area contributed by atoms with Crippen molar-refractivity contribution in [3.63, 3.8) is 0 Å². The molecule has 0 spiro atoms. The van der Waals surface area contributed by atoms with Gasteiger partial charge in [0, 0.05) is 37.2 Å². The first-order valence-electron chi connectivity index (χ1n) is 12.4. The highest BCUT2D eigenvalue weighted by molar-refractivity contribution is 5.90. The summed E-state index contributed by atoms with van der Waals surface area (Å²) in [5, 5.41) is 2.61. The lowest BCUT2D eigenvalue weighted by Crippen LogP contribution is -2.41. The average molecular weight is 499 g/mol. The number of carbonyl (C=O) groups is 3. The van der Waals surface area contributed by atoms with Crippen molar-refractivity contribution in [2.75, 3.05) is 6.54 Å². The first kappa shape index (κ1) is 27.4. The molecule has 9 nitrogen and oxygen atoms in total. The van der Waals surface area contributed by atoms with Crippen LogP contribution in [0.15, 0.2) is 30.5 Å². The molecule has 2 atom stereocenters. The zero-order valence-corrected chi connectivity index (χ0v) is 22.1. The quantitative estimate of drug-likeness (QED) is 0.548. The van der Waals surface area contributed by atoms with Crippen molar-refractivity contribution in [1.82, 2.24) is 14.9 Å². The fourth-order valence-electron chi connectivity index (χ4n) is 4.10. The summed E-state index contributed by atoms with van der Waals surface area (Å²) in [5.41, 5.74) is 7.32. The van der Waals surface area contributed by atoms with E-state index in [4.69, 9.17) is 20.2 Å². The van der Waals surface area contributed by atoms with Crippen molar-refractivity contribution in [3.8, 4) is 11.3 Å². The molecule has 2 aromatic rings. The molecule has 1 aromatic carbocycles. The Hall–Kier alpha value is -3.20. The van der Waals surface area contributed by atoms with Gasteiger partial charge in [0.05, 0.1) is 17.3 Å². The first-order chi connectivity index (χ1) is 16.7. The van der Waals surface area contributed by atoms with E-state index in [1.165, 1.54) is 0 Å². The van der Waals surface area contributed by atoms with Crippen molar-refractivity contribution in [3.05, 3.63) is 41.9 Å². The van der Waals surface area contributed by atoms with E-state index in [2.05, 4.69) is 9.88 Å². The molecule has 0 saturated heterocycles. The predicted molar refractivity (Wildman–Crippen MR) is 137 cm³/mol. The van der Waals surface area contributed by atoms with E-state index in [0.717, 1.165) is 36.5 Å². The third-order valence-corrected chi connectivity index (χ3v) is 5.71. The normalized spacial score (nSPS) is 16.6. The van der Waals surface area contributed by atoms with Crippen LogP contribution < -0.4 is 11.1 Å². The van der Waals surface area contributed by atoms with Gasteiger partial charge in [0.1, 0.15) is 17.0 Å². The zero-order valence-electron chi connectivity index (χ0n) is 22.1. The molecule has 0 radical (unpaired) electrons. The van der Waals surface area contributed by atoms with Crippen molar-refractivity contribution < 1.29 is 23.9 Å². The molecule has 1 aliphatic rings. The number of Topliss-reactive ketones (excluding diaryl/α,β-unsaturated/α-hetero) is 1. The number of hydrogen-bond acceptors (Lipinski definition) is 7. The maximum Gasteiger partial charge on any atom is 0.407 e. The predicted octanol–water partition coefficient (Wildman–Crippen LogP) is 4.19. The lowest BCUT2D eigenvalue weighted by molar-refractivity contribution is -0.120. The van der Waals surface area contributed by atoms with Gasteiger partial charge in [0.15, 0.2) is 5.78 Å². The first-order valence-corrected chi connectivity index (χ1v) is 12.4. The number of imidazole rings is 1. The monoisotopic (exact) mass is 498 g/mol. The fourth-order valence-corrected chi connectivity index (χ4v) is 4.10. The Morgan fingerprint density at radius 2 is 1.72 bits per heavy atom. The third-order valence-electron chi connectivity index (χ3n) is 5.71. The number of aryl methyl sites for hydroxylation is 1. The second-order valence-electron chi connectivity index (χ2n) is 11.2. The van der Waals surface area contributed by atoms with E-state index in [9.17, 15) is 14.4 Å². The molecule has 0 bridgehead atoms. The summed E-state index contributed by atoms with van der Waals surface area (Å²) in [6, 6.07) is 6.43. The molecule has 3 N–H and O–H groups in total. The van der Waals surface area contributed by atoms with Crippen LogP contribution in [0.5, 0.6) is 0 Å². The number of amides is 1. The number of aromatic nitrogens is 2. The second kappa shape index (κ2) is 10.8. The zero-order chi connectivity index (χ0) is 26.7. The van der Waals surface area contributed by atoms with Gasteiger partial charge >= 0.3 is 12.1 Å². The highest BCUT2D eigenvalue weighted by Crippen LogP contribution is 2.32. The molecule has 2 heterocycles. The van der Waals surface area contributed by atoms with Crippen molar-refractivity contribution in [2.24, 2.45) is 5.73 Å². The number of benzene rings is 1. The van der Waals surface area contributed by atoms with Crippen molar-refractivity contribution in [2.45, 2.75) is 90.5 Å². The third kappa shape index (κ3) is 7.40. The number of nitrogens with two attached hydrogens (primary N) is 1. The van der Waals surface area contributed by atoms with Gasteiger partial charge < -0.3 is 25.1 Å². The van der Waals surface area contributed by atoms with E-state index in [-0.39, 0.29) is 30.6 Å². The Morgan fingerprint density at radius 1 is 1.08 bits per heavy atom. The van der Waals surface area contributed by atoms with E-state index in [1.54, 1.807) is 32.9 Å². The summed E-state index contributed by atoms with van der Waals surface area (Å²) in [7, 11) is 0. The molecule has 196 valence electrons. The van der Waals surface area contributed by atoms with Gasteiger partial charge in [0.25, 0.3) is 0 Å². The van der Waals surface area contributed by atoms with Crippen LogP contribution in [-0.2, 0) is 20.8 Å². The Kier molecular flexibility index (Phi) is 8.23. The van der Waals surface area contributed by atoms with Gasteiger partial charge in [-0.3, -0.25) is 4.79 Å². The average Bonchev–Trinajstić information content (AvgIpc) is 3.20. The van der Waals surface area contributed by atoms with Crippen molar-refractivity contribution in [1.29, 1.82) is 0 Å². The summed E-state index contributed by atoms with van der Waals surface area (Å²) in [4.78, 5) is 41.7. The summed E-state index contributed by atoms with van der Waals surface area (Å²) in [6.45, 7) is 11.8. The van der Waals surface area contributed by atoms with Gasteiger partial charge in [-0.25, -0.2) is 14.6 Å². The van der Waals surface area contributed by atoms with Crippen LogP contribution in [0.25, 0.3) is 11.3 Å². The topological polar surface area (TPSA) is 126 Å². The lowest BCUT2D eigenvalue weighted by Gasteiger charge is -2.27. The molecular formula is C27H38N4O5. The lowest BCUT2D eigenvalue weighted by atomic mass is 9.88. The number of nitrogens with one attached hydrogen (secondary N) is 1. The van der Waals surface area contributed by atoms with Gasteiger partial charge in [-0.15, -0.1) is 0 Å². The summed E-state index contributed by atoms with van der Waals surface area (Å²) < 4.78 is 12.7. The number of rotatable bonds is 7. The minimum atomic E-state index is -0.714. The number of hydrogen-bond donors (Lipinski definition) is 2. The summed E-state index contributed by atoms with van der Waals surface area (Å²) in [6.07, 6.45) is 3.18. The van der Waals surface area contributed by atoms with Crippen LogP contribution in [0.4, 0.5) is 4.79 Å². The van der Waals surface area contributed by atoms with Crippen LogP contribution in [0.1, 0.15) is 82.9 Å². The minimum absolute atomic E-state index is 0.122. The Bertz CT molecular complexity index is 1090. The highest BCUT2D eigenvalue weighted by atomic mass is 16.6. The maximum absolute atomic E-state index is 12.8. The summed E-state index contributed by atoms with van der Waals surface area (Å²) in [5.74, 6) is 0.0793. The van der Waals surface area contributed by atoms with Crippen LogP contribution in [0.3, 0.4) is 0 Å². The maximum atomic E-state index is 12.8. The number of carbonyl (C=O) groups excluding carboxylic acids is 3. The molecule has 9 heteroatoms. The van der Waals surface area contributed by atoms with Crippen LogP contribution in [0.2, 0.25) is 0 Å². The number of ether oxygens (including phenoxy) is 2. The fraction of sp³-hybridized carbons (Fsp3) is 0.556. The smallest absolute Gasteiger partial charge is 0.407 e. The highest BCUT2D eigenvalue weighted by Gasteiger charge is 2.32. The van der Waals surface area contributed by atoms with E-state index in [1.807, 2.05) is 39.1 Å². The van der Waals surface area contributed by atoms with Crippen LogP contribution >= 0.6 is 0 Å². The van der Waals surface area contributed by atoms with Crippen LogP contribution in [-0.4, -0.2) is 51.2 Å². The number of nitrogens with zero attached hydrogens (tertiary/aromatic N) is 2. The number of esters is 1. The Balaban J connectivity index is 1.65. The molecule has 1 amide bonds. The van der Waals surface area contributed by atoms with E-state index in [0.29, 0.717) is 5.56 Å². The molecule has 0 fully saturated rings. The standard InChI is InChI=1S/C27H38N4O5/c1-26(2,3)35-24(33)18-11-9-17(10-12-18)20-16-31-15-7-8-19(23(31)30-20)22(28)21(32)13-14-29-25(34)36-27(4,5)6/h9-12,16,19,22H,7-8,13-15,28H2,1-6H3,(H,29,34).